The first-order valence-electron chi connectivity index (χ1n) is 6.01. The summed E-state index contributed by atoms with van der Waals surface area (Å²) in [5, 5.41) is 9.42. The van der Waals surface area contributed by atoms with Crippen LogP contribution in [-0.4, -0.2) is 41.0 Å². The molecule has 1 N–H and O–H groups in total. The van der Waals surface area contributed by atoms with Crippen LogP contribution in [0.2, 0.25) is 0 Å². The first kappa shape index (κ1) is 12.7. The lowest BCUT2D eigenvalue weighted by atomic mass is 10.0. The molecule has 3 nitrogen and oxygen atoms in total. The second kappa shape index (κ2) is 6.23. The molecule has 0 saturated carbocycles. The summed E-state index contributed by atoms with van der Waals surface area (Å²) in [4.78, 5) is 13.5. The van der Waals surface area contributed by atoms with E-state index in [4.69, 9.17) is 0 Å². The summed E-state index contributed by atoms with van der Waals surface area (Å²) in [5.41, 5.74) is 0. The van der Waals surface area contributed by atoms with Crippen LogP contribution < -0.4 is 0 Å². The number of rotatable bonds is 4. The molecule has 2 unspecified atom stereocenters. The van der Waals surface area contributed by atoms with Gasteiger partial charge in [0.1, 0.15) is 5.78 Å². The van der Waals surface area contributed by atoms with E-state index in [2.05, 4.69) is 4.90 Å². The molecule has 1 rings (SSSR count). The highest BCUT2D eigenvalue weighted by Crippen LogP contribution is 2.19. The van der Waals surface area contributed by atoms with E-state index in [-0.39, 0.29) is 11.9 Å². The van der Waals surface area contributed by atoms with Gasteiger partial charge >= 0.3 is 0 Å². The molecule has 0 amide bonds. The molecule has 1 saturated heterocycles. The summed E-state index contributed by atoms with van der Waals surface area (Å²) >= 11 is 0. The maximum absolute atomic E-state index is 11.2. The van der Waals surface area contributed by atoms with Crippen molar-refractivity contribution in [2.24, 2.45) is 0 Å². The summed E-state index contributed by atoms with van der Waals surface area (Å²) in [5.74, 6) is 0.262. The minimum Gasteiger partial charge on any atom is -0.392 e. The van der Waals surface area contributed by atoms with Crippen LogP contribution in [0.1, 0.15) is 46.0 Å². The van der Waals surface area contributed by atoms with Crippen LogP contribution in [0.25, 0.3) is 0 Å². The van der Waals surface area contributed by atoms with Crippen molar-refractivity contribution in [1.82, 2.24) is 4.90 Å². The maximum atomic E-state index is 11.2. The van der Waals surface area contributed by atoms with Crippen molar-refractivity contribution in [3.05, 3.63) is 0 Å². The fraction of sp³-hybridized carbons (Fsp3) is 0.917. The first-order valence-corrected chi connectivity index (χ1v) is 6.01. The quantitative estimate of drug-likeness (QED) is 0.771. The van der Waals surface area contributed by atoms with Crippen molar-refractivity contribution in [2.75, 3.05) is 13.1 Å². The van der Waals surface area contributed by atoms with E-state index in [1.165, 1.54) is 19.3 Å². The monoisotopic (exact) mass is 213 g/mol. The van der Waals surface area contributed by atoms with Crippen LogP contribution >= 0.6 is 0 Å². The number of hydrogen-bond donors (Lipinski definition) is 1. The number of aliphatic hydroxyl groups is 1. The highest BCUT2D eigenvalue weighted by molar-refractivity contribution is 5.76. The Kier molecular flexibility index (Phi) is 5.26. The number of carbonyl (C=O) groups is 1. The third kappa shape index (κ3) is 4.76. The van der Waals surface area contributed by atoms with E-state index in [0.29, 0.717) is 19.0 Å². The molecule has 0 aromatic carbocycles. The minimum absolute atomic E-state index is 0.262. The Labute approximate surface area is 92.5 Å². The van der Waals surface area contributed by atoms with E-state index >= 15 is 0 Å². The summed E-state index contributed by atoms with van der Waals surface area (Å²) < 4.78 is 0. The third-order valence-electron chi connectivity index (χ3n) is 3.02. The van der Waals surface area contributed by atoms with Gasteiger partial charge in [0.05, 0.1) is 6.10 Å². The smallest absolute Gasteiger partial charge is 0.131 e. The molecule has 0 aliphatic carbocycles. The molecule has 0 aromatic heterocycles. The summed E-state index contributed by atoms with van der Waals surface area (Å²) in [6, 6.07) is 0.361. The van der Waals surface area contributed by atoms with Gasteiger partial charge in [-0.05, 0) is 33.2 Å². The van der Waals surface area contributed by atoms with E-state index < -0.39 is 0 Å². The SMILES string of the molecule is CC(=O)CC1CCCCCN1CC(C)O. The molecule has 0 aromatic rings. The zero-order valence-electron chi connectivity index (χ0n) is 9.91. The van der Waals surface area contributed by atoms with Crippen LogP contribution in [0.15, 0.2) is 0 Å². The van der Waals surface area contributed by atoms with Gasteiger partial charge in [0.15, 0.2) is 0 Å². The number of aliphatic hydroxyl groups excluding tert-OH is 1. The van der Waals surface area contributed by atoms with Gasteiger partial charge in [-0.1, -0.05) is 12.8 Å². The van der Waals surface area contributed by atoms with Crippen molar-refractivity contribution in [3.8, 4) is 0 Å². The summed E-state index contributed by atoms with van der Waals surface area (Å²) in [7, 11) is 0. The lowest BCUT2D eigenvalue weighted by molar-refractivity contribution is -0.118. The van der Waals surface area contributed by atoms with Gasteiger partial charge in [-0.15, -0.1) is 0 Å². The Morgan fingerprint density at radius 3 is 2.80 bits per heavy atom. The third-order valence-corrected chi connectivity index (χ3v) is 3.02. The van der Waals surface area contributed by atoms with Gasteiger partial charge in [0.25, 0.3) is 0 Å². The van der Waals surface area contributed by atoms with Gasteiger partial charge in [-0.25, -0.2) is 0 Å². The van der Waals surface area contributed by atoms with Gasteiger partial charge in [0.2, 0.25) is 0 Å². The molecule has 1 heterocycles. The number of hydrogen-bond acceptors (Lipinski definition) is 3. The van der Waals surface area contributed by atoms with Crippen molar-refractivity contribution in [2.45, 2.75) is 58.1 Å². The van der Waals surface area contributed by atoms with Crippen molar-refractivity contribution >= 4 is 5.78 Å². The standard InChI is InChI=1S/C12H23NO2/c1-10(14)8-12-6-4-3-5-7-13(12)9-11(2)15/h11-12,15H,3-9H2,1-2H3. The molecule has 1 aliphatic heterocycles. The van der Waals surface area contributed by atoms with E-state index in [1.54, 1.807) is 6.92 Å². The Balaban J connectivity index is 2.54. The Morgan fingerprint density at radius 1 is 1.47 bits per heavy atom. The van der Waals surface area contributed by atoms with Gasteiger partial charge in [-0.3, -0.25) is 9.69 Å². The lowest BCUT2D eigenvalue weighted by Gasteiger charge is -2.30. The topological polar surface area (TPSA) is 40.5 Å². The number of likely N-dealkylation sites (tertiary alicyclic amines) is 1. The van der Waals surface area contributed by atoms with Crippen molar-refractivity contribution < 1.29 is 9.90 Å². The second-order valence-corrected chi connectivity index (χ2v) is 4.75. The fourth-order valence-corrected chi connectivity index (χ4v) is 2.38. The van der Waals surface area contributed by atoms with Crippen LogP contribution in [0.5, 0.6) is 0 Å². The van der Waals surface area contributed by atoms with Crippen molar-refractivity contribution in [1.29, 1.82) is 0 Å². The lowest BCUT2D eigenvalue weighted by Crippen LogP contribution is -2.40. The zero-order chi connectivity index (χ0) is 11.3. The van der Waals surface area contributed by atoms with Gasteiger partial charge < -0.3 is 5.11 Å². The average Bonchev–Trinajstić information content (AvgIpc) is 2.30. The molecule has 0 radical (unpaired) electrons. The number of Topliss-reactive ketones (excluding diaryl/α,β-unsaturated/α-hetero) is 1. The number of ketones is 1. The second-order valence-electron chi connectivity index (χ2n) is 4.75. The fourth-order valence-electron chi connectivity index (χ4n) is 2.38. The predicted molar refractivity (Wildman–Crippen MR) is 60.8 cm³/mol. The predicted octanol–water partition coefficient (Wildman–Crippen LogP) is 1.59. The number of β-amino-alcohol motifs (C(OH)–C–C–N with tert-alkyl or cyclic N) is 1. The highest BCUT2D eigenvalue weighted by atomic mass is 16.3. The summed E-state index contributed by atoms with van der Waals surface area (Å²) in [6.07, 6.45) is 5.12. The van der Waals surface area contributed by atoms with Crippen LogP contribution in [-0.2, 0) is 4.79 Å². The average molecular weight is 213 g/mol. The van der Waals surface area contributed by atoms with E-state index in [1.807, 2.05) is 6.92 Å². The van der Waals surface area contributed by atoms with Crippen molar-refractivity contribution in [3.63, 3.8) is 0 Å². The van der Waals surface area contributed by atoms with E-state index in [9.17, 15) is 9.90 Å². The molecule has 88 valence electrons. The molecule has 1 fully saturated rings. The Hall–Kier alpha value is -0.410. The first-order chi connectivity index (χ1) is 7.09. The molecular weight excluding hydrogens is 190 g/mol. The number of carbonyl (C=O) groups excluding carboxylic acids is 1. The van der Waals surface area contributed by atoms with Gasteiger partial charge in [0, 0.05) is 19.0 Å². The minimum atomic E-state index is -0.294. The Bertz CT molecular complexity index is 204. The molecule has 0 bridgehead atoms. The largest absolute Gasteiger partial charge is 0.392 e. The molecular formula is C12H23NO2. The highest BCUT2D eigenvalue weighted by Gasteiger charge is 2.22. The molecule has 15 heavy (non-hydrogen) atoms. The normalized spacial score (nSPS) is 25.9. The molecule has 1 aliphatic rings. The van der Waals surface area contributed by atoms with Crippen LogP contribution in [0.3, 0.4) is 0 Å². The van der Waals surface area contributed by atoms with Crippen LogP contribution in [0, 0.1) is 0 Å². The maximum Gasteiger partial charge on any atom is 0.131 e. The zero-order valence-corrected chi connectivity index (χ0v) is 9.91. The molecule has 3 heteroatoms. The van der Waals surface area contributed by atoms with E-state index in [0.717, 1.165) is 13.0 Å². The molecule has 0 spiro atoms. The van der Waals surface area contributed by atoms with Crippen LogP contribution in [0.4, 0.5) is 0 Å². The Morgan fingerprint density at radius 2 is 2.20 bits per heavy atom. The summed E-state index contributed by atoms with van der Waals surface area (Å²) in [6.45, 7) is 5.21. The van der Waals surface area contributed by atoms with Gasteiger partial charge in [-0.2, -0.15) is 0 Å². The molecule has 2 atom stereocenters. The number of nitrogens with zero attached hydrogens (tertiary/aromatic N) is 1.